The highest BCUT2D eigenvalue weighted by Gasteiger charge is 2.29. The van der Waals surface area contributed by atoms with Crippen molar-refractivity contribution < 1.29 is 48.3 Å². The van der Waals surface area contributed by atoms with Crippen LogP contribution in [0, 0.1) is 33.5 Å². The number of hydrogen-bond donors (Lipinski definition) is 3. The number of halogens is 1. The fourth-order valence-electron chi connectivity index (χ4n) is 15.2. The van der Waals surface area contributed by atoms with Crippen LogP contribution < -0.4 is 14.2 Å². The van der Waals surface area contributed by atoms with Gasteiger partial charge in [-0.1, -0.05) is 124 Å². The number of fused-ring (bicyclic) bond motifs is 3. The van der Waals surface area contributed by atoms with E-state index in [1.165, 1.54) is 179 Å². The van der Waals surface area contributed by atoms with Crippen LogP contribution in [0.1, 0.15) is 174 Å². The van der Waals surface area contributed by atoms with Crippen molar-refractivity contribution in [2.75, 3.05) is 58.9 Å². The molecule has 3 aliphatic rings. The number of likely N-dealkylation sites (tertiary alicyclic amines) is 3. The van der Waals surface area contributed by atoms with Gasteiger partial charge in [0.25, 0.3) is 0 Å². The molecule has 12 aromatic rings. The fourth-order valence-corrected chi connectivity index (χ4v) is 18.6. The molecule has 0 unspecified atom stereocenters. The largest absolute Gasteiger partial charge is 0.508 e. The summed E-state index contributed by atoms with van der Waals surface area (Å²) >= 11 is 4.01. The zero-order valence-electron chi connectivity index (χ0n) is 63.2. The quantitative estimate of drug-likeness (QED) is 0.0555. The highest BCUT2D eigenvalue weighted by Crippen LogP contribution is 2.47. The lowest BCUT2D eigenvalue weighted by atomic mass is 9.97. The molecule has 109 heavy (non-hydrogen) atoms. The first-order valence-corrected chi connectivity index (χ1v) is 41.2. The first-order valence-electron chi connectivity index (χ1n) is 38.8. The van der Waals surface area contributed by atoms with E-state index in [0.717, 1.165) is 92.3 Å². The summed E-state index contributed by atoms with van der Waals surface area (Å²) in [6.45, 7) is 19.9. The van der Waals surface area contributed by atoms with E-state index in [4.69, 9.17) is 14.2 Å². The average molecular weight is 1520 g/mol. The fraction of sp³-hybridized carbons (Fsp3) is 0.323. The molecule has 3 fully saturated rings. The Balaban J connectivity index is 0.000000144. The van der Waals surface area contributed by atoms with Gasteiger partial charge in [0.05, 0.1) is 0 Å². The van der Waals surface area contributed by atoms with Gasteiger partial charge in [-0.05, 0) is 279 Å². The van der Waals surface area contributed by atoms with E-state index in [1.807, 2.05) is 105 Å². The monoisotopic (exact) mass is 1520 g/mol. The van der Waals surface area contributed by atoms with Crippen LogP contribution in [0.4, 0.5) is 4.39 Å². The Labute approximate surface area is 652 Å². The van der Waals surface area contributed by atoms with Crippen molar-refractivity contribution in [1.82, 2.24) is 14.7 Å². The van der Waals surface area contributed by atoms with Gasteiger partial charge in [-0.15, -0.1) is 34.0 Å². The van der Waals surface area contributed by atoms with Gasteiger partial charge in [0.15, 0.2) is 17.2 Å². The van der Waals surface area contributed by atoms with Crippen molar-refractivity contribution in [2.24, 2.45) is 0 Å². The smallest absolute Gasteiger partial charge is 0.207 e. The molecule has 12 nitrogen and oxygen atoms in total. The number of rotatable bonds is 22. The number of thiophene rings is 3. The Hall–Kier alpha value is -9.52. The summed E-state index contributed by atoms with van der Waals surface area (Å²) in [5.74, 6) is 3.46. The van der Waals surface area contributed by atoms with Gasteiger partial charge in [-0.25, -0.2) is 4.39 Å². The first kappa shape index (κ1) is 77.6. The zero-order valence-corrected chi connectivity index (χ0v) is 65.7. The third-order valence-electron chi connectivity index (χ3n) is 21.3. The maximum atomic E-state index is 13.9. The molecule has 564 valence electrons. The summed E-state index contributed by atoms with van der Waals surface area (Å²) in [6.07, 6.45) is 19.7. The molecule has 0 aliphatic carbocycles. The number of nitrogens with zero attached hydrogens (tertiary/aromatic N) is 3. The molecule has 3 aromatic heterocycles. The van der Waals surface area contributed by atoms with Crippen LogP contribution in [0.3, 0.4) is 0 Å². The highest BCUT2D eigenvalue weighted by molar-refractivity contribution is 7.22. The van der Waals surface area contributed by atoms with Crippen molar-refractivity contribution >= 4 is 81.6 Å². The van der Waals surface area contributed by atoms with Crippen molar-refractivity contribution in [1.29, 1.82) is 0 Å². The standard InChI is InChI=1S/C31H32FNO3S.2C31H33NO3S/c1-20-17-23(32)18-21(2)28(20)29(35)31-30(26-12-9-24(34)19-27(26)37-31)36-25-10-7-22(8-11-25)13-16-33-14-5-3-4-6-15-33;1-21-8-7-9-22(2)28(21)29(34)31-30(26-15-12-24(33)20-27(26)36-31)35-25-13-10-23(11-14-25)16-19-32-17-5-3-4-6-18-32;1-2-23-9-5-6-10-26(23)29(34)31-30(27-16-13-24(33)21-28(27)36-31)35-25-14-11-22(12-15-25)17-20-32-18-7-3-4-8-19-32/h7-12,17-19,34H,3-6,13-16H2,1-2H3;7-15,20,33H,3-6,16-19H2,1-2H3;5-6,9-16,21,33H,2-4,7-8,17-20H2,1H3. The van der Waals surface area contributed by atoms with Gasteiger partial charge in [0.1, 0.15) is 54.9 Å². The molecule has 3 saturated heterocycles. The normalized spacial score (nSPS) is 14.6. The Morgan fingerprint density at radius 3 is 1.04 bits per heavy atom. The van der Waals surface area contributed by atoms with Gasteiger partial charge in [-0.2, -0.15) is 0 Å². The summed E-state index contributed by atoms with van der Waals surface area (Å²) < 4.78 is 35.4. The van der Waals surface area contributed by atoms with Gasteiger partial charge >= 0.3 is 0 Å². The topological polar surface area (TPSA) is 149 Å². The van der Waals surface area contributed by atoms with Crippen LogP contribution in [0.15, 0.2) is 182 Å². The summed E-state index contributed by atoms with van der Waals surface area (Å²) in [5.41, 5.74) is 9.80. The number of phenolic OH excluding ortho intramolecular Hbond substituents is 3. The molecule has 9 aromatic carbocycles. The molecule has 3 aliphatic heterocycles. The van der Waals surface area contributed by atoms with Crippen LogP contribution in [0.2, 0.25) is 0 Å². The van der Waals surface area contributed by atoms with Gasteiger partial charge < -0.3 is 44.2 Å². The lowest BCUT2D eigenvalue weighted by Gasteiger charge is -2.19. The minimum absolute atomic E-state index is 0.0443. The summed E-state index contributed by atoms with van der Waals surface area (Å²) in [6, 6.07) is 56.3. The maximum absolute atomic E-state index is 13.9. The van der Waals surface area contributed by atoms with E-state index in [-0.39, 0.29) is 40.4 Å². The summed E-state index contributed by atoms with van der Waals surface area (Å²) in [4.78, 5) is 50.4. The Bertz CT molecular complexity index is 5090. The second-order valence-electron chi connectivity index (χ2n) is 29.3. The zero-order chi connectivity index (χ0) is 75.9. The predicted molar refractivity (Wildman–Crippen MR) is 444 cm³/mol. The summed E-state index contributed by atoms with van der Waals surface area (Å²) in [5, 5.41) is 32.5. The molecule has 0 atom stereocenters. The number of aryl methyl sites for hydroxylation is 5. The molecule has 16 heteroatoms. The van der Waals surface area contributed by atoms with Crippen molar-refractivity contribution in [2.45, 2.75) is 137 Å². The van der Waals surface area contributed by atoms with Crippen LogP contribution in [0.25, 0.3) is 30.3 Å². The number of ether oxygens (including phenoxy) is 3. The molecule has 15 rings (SSSR count). The first-order chi connectivity index (χ1) is 53.0. The van der Waals surface area contributed by atoms with Crippen LogP contribution in [-0.2, 0) is 25.7 Å². The van der Waals surface area contributed by atoms with Crippen molar-refractivity contribution in [3.8, 4) is 51.7 Å². The minimum Gasteiger partial charge on any atom is -0.508 e. The van der Waals surface area contributed by atoms with Gasteiger partial charge in [-0.3, -0.25) is 14.4 Å². The molecule has 6 heterocycles. The maximum Gasteiger partial charge on any atom is 0.207 e. The molecule has 0 radical (unpaired) electrons. The number of carbonyl (C=O) groups is 3. The number of carbonyl (C=O) groups excluding carboxylic acids is 3. The van der Waals surface area contributed by atoms with Crippen LogP contribution in [-0.4, -0.2) is 106 Å². The predicted octanol–water partition coefficient (Wildman–Crippen LogP) is 23.1. The van der Waals surface area contributed by atoms with E-state index in [2.05, 4.69) is 58.0 Å². The summed E-state index contributed by atoms with van der Waals surface area (Å²) in [7, 11) is 0. The molecule has 0 amide bonds. The Morgan fingerprint density at radius 1 is 0.376 bits per heavy atom. The van der Waals surface area contributed by atoms with Crippen LogP contribution in [0.5, 0.6) is 51.7 Å². The number of hydrogen-bond acceptors (Lipinski definition) is 15. The number of ketones is 3. The van der Waals surface area contributed by atoms with E-state index in [0.29, 0.717) is 76.9 Å². The molecule has 3 N–H and O–H groups in total. The molecular formula is C93H98FN3O9S3. The lowest BCUT2D eigenvalue weighted by molar-refractivity contribution is 0.103. The number of aromatic hydroxyl groups is 3. The SMILES string of the molecule is CCc1ccccc1C(=O)c1sc2cc(O)ccc2c1Oc1ccc(CCN2CCCCCC2)cc1.Cc1cc(F)cc(C)c1C(=O)c1sc2cc(O)ccc2c1Oc1ccc(CCN2CCCCCC2)cc1.Cc1cccc(C)c1C(=O)c1sc2cc(O)ccc2c1Oc1ccc(CCN2CCCCCC2)cc1. The second kappa shape index (κ2) is 36.8. The van der Waals surface area contributed by atoms with E-state index < -0.39 is 0 Å². The van der Waals surface area contributed by atoms with Crippen molar-refractivity contribution in [3.63, 3.8) is 0 Å². The number of benzene rings is 9. The minimum atomic E-state index is -0.361. The van der Waals surface area contributed by atoms with E-state index in [9.17, 15) is 34.1 Å². The highest BCUT2D eigenvalue weighted by atomic mass is 32.1. The lowest BCUT2D eigenvalue weighted by Crippen LogP contribution is -2.26. The molecule has 0 saturated carbocycles. The van der Waals surface area contributed by atoms with E-state index in [1.54, 1.807) is 56.3 Å². The third kappa shape index (κ3) is 19.6. The molecule has 0 bridgehead atoms. The Morgan fingerprint density at radius 2 is 0.697 bits per heavy atom. The average Bonchev–Trinajstić information content (AvgIpc) is 1.63. The second-order valence-corrected chi connectivity index (χ2v) is 32.4. The van der Waals surface area contributed by atoms with Gasteiger partial charge in [0, 0.05) is 66.6 Å². The Kier molecular flexibility index (Phi) is 26.2. The van der Waals surface area contributed by atoms with E-state index >= 15 is 0 Å². The van der Waals surface area contributed by atoms with Gasteiger partial charge in [0.2, 0.25) is 17.3 Å². The molecular weight excluding hydrogens is 1420 g/mol. The molecule has 0 spiro atoms. The van der Waals surface area contributed by atoms with Crippen molar-refractivity contribution in [3.05, 3.63) is 264 Å². The number of phenols is 3. The third-order valence-corrected chi connectivity index (χ3v) is 24.7. The van der Waals surface area contributed by atoms with Crippen LogP contribution >= 0.6 is 34.0 Å².